The van der Waals surface area contributed by atoms with Gasteiger partial charge in [-0.05, 0) is 63.0 Å². The highest BCUT2D eigenvalue weighted by Crippen LogP contribution is 2.36. The summed E-state index contributed by atoms with van der Waals surface area (Å²) < 4.78 is 89.3. The zero-order valence-electron chi connectivity index (χ0n) is 46.4. The Morgan fingerprint density at radius 1 is 0.573 bits per heavy atom. The molecule has 0 aromatic heterocycles. The fraction of sp³-hybridized carbons (Fsp3) is 0.660. The average Bonchev–Trinajstić information content (AvgIpc) is 3.84. The fourth-order valence-electron chi connectivity index (χ4n) is 7.45. The van der Waals surface area contributed by atoms with E-state index in [1.165, 1.54) is 42.7 Å². The van der Waals surface area contributed by atoms with Crippen LogP contribution >= 0.6 is 0 Å². The molecule has 0 aliphatic carbocycles. The first-order chi connectivity index (χ1) is 34.9. The summed E-state index contributed by atoms with van der Waals surface area (Å²) in [6.45, 7) is 20.3. The third kappa shape index (κ3) is 22.5. The number of ether oxygens (including phenoxy) is 16. The lowest BCUT2D eigenvalue weighted by Crippen LogP contribution is -2.38. The summed E-state index contributed by atoms with van der Waals surface area (Å²) in [7, 11) is 6.25. The van der Waals surface area contributed by atoms with Crippen LogP contribution in [0.3, 0.4) is 0 Å². The smallest absolute Gasteiger partial charge is 0.342 e. The summed E-state index contributed by atoms with van der Waals surface area (Å²) in [5.41, 5.74) is 1.46. The Morgan fingerprint density at radius 3 is 1.21 bits per heavy atom. The number of aliphatic hydroxyl groups is 2. The summed E-state index contributed by atoms with van der Waals surface area (Å²) in [5, 5.41) is 19.7. The molecule has 75 heavy (non-hydrogen) atoms. The summed E-state index contributed by atoms with van der Waals surface area (Å²) in [5.74, 6) is -1.34. The molecule has 2 aliphatic heterocycles. The minimum absolute atomic E-state index is 0. The van der Waals surface area contributed by atoms with Crippen LogP contribution in [0.15, 0.2) is 36.4 Å². The predicted molar refractivity (Wildman–Crippen MR) is 288 cm³/mol. The van der Waals surface area contributed by atoms with Gasteiger partial charge in [0, 0.05) is 56.7 Å². The van der Waals surface area contributed by atoms with Gasteiger partial charge in [0.2, 0.25) is 0 Å². The lowest BCUT2D eigenvalue weighted by Gasteiger charge is -2.24. The Bertz CT molecular complexity index is 1940. The summed E-state index contributed by atoms with van der Waals surface area (Å²) in [6.07, 6.45) is 3.09. The molecule has 6 atom stereocenters. The van der Waals surface area contributed by atoms with E-state index in [0.717, 1.165) is 12.1 Å². The minimum atomic E-state index is -1.41. The summed E-state index contributed by atoms with van der Waals surface area (Å²) in [4.78, 5) is 26.5. The number of aliphatic hydroxyl groups excluding tert-OH is 2. The van der Waals surface area contributed by atoms with Gasteiger partial charge in [-0.3, -0.25) is 0 Å². The Kier molecular flexibility index (Phi) is 28.7. The van der Waals surface area contributed by atoms with Gasteiger partial charge >= 0.3 is 11.9 Å². The SMILES string of the molecule is C.COCOc1cc(OC)cc(/C=C/C(OCOC)[C@@H]2OC(C)(C)O[C@@H]2CO)c1C(=O)OCC[Si](C)(C)C.COCOc1cc(OC)cc(/C=C/C(OCOC)[C@@H]2OC(C)(C)O[C@@H]2CO)c1C(=O)OCC[Si](C)(C)C. The van der Waals surface area contributed by atoms with E-state index < -0.39 is 76.3 Å². The van der Waals surface area contributed by atoms with Gasteiger partial charge in [0.05, 0.1) is 40.6 Å². The Morgan fingerprint density at radius 2 is 0.920 bits per heavy atom. The van der Waals surface area contributed by atoms with Crippen molar-refractivity contribution < 1.29 is 95.6 Å². The minimum Gasteiger partial charge on any atom is -0.497 e. The second-order valence-corrected chi connectivity index (χ2v) is 31.9. The topological polar surface area (TPSA) is 222 Å². The van der Waals surface area contributed by atoms with Crippen molar-refractivity contribution in [1.29, 1.82) is 0 Å². The van der Waals surface area contributed by atoms with Gasteiger partial charge in [-0.1, -0.05) is 71.0 Å². The van der Waals surface area contributed by atoms with Crippen molar-refractivity contribution in [2.75, 3.05) is 96.3 Å². The third-order valence-corrected chi connectivity index (χ3v) is 14.5. The third-order valence-electron chi connectivity index (χ3n) is 11.1. The maximum Gasteiger partial charge on any atom is 0.342 e. The molecular formula is C53H88O20Si2. The van der Waals surface area contributed by atoms with Gasteiger partial charge in [0.15, 0.2) is 25.2 Å². The first-order valence-corrected chi connectivity index (χ1v) is 31.8. The zero-order chi connectivity index (χ0) is 55.3. The Balaban J connectivity index is 0.000000507. The molecule has 2 heterocycles. The molecule has 2 N–H and O–H groups in total. The van der Waals surface area contributed by atoms with E-state index in [9.17, 15) is 19.8 Å². The van der Waals surface area contributed by atoms with Crippen molar-refractivity contribution in [2.24, 2.45) is 0 Å². The molecule has 0 saturated carbocycles. The van der Waals surface area contributed by atoms with Gasteiger partial charge in [0.25, 0.3) is 0 Å². The van der Waals surface area contributed by atoms with Gasteiger partial charge in [0.1, 0.15) is 84.3 Å². The molecule has 428 valence electrons. The van der Waals surface area contributed by atoms with Crippen molar-refractivity contribution >= 4 is 40.2 Å². The van der Waals surface area contributed by atoms with Crippen LogP contribution in [0.25, 0.3) is 12.2 Å². The van der Waals surface area contributed by atoms with Crippen LogP contribution < -0.4 is 18.9 Å². The highest BCUT2D eigenvalue weighted by Gasteiger charge is 2.46. The molecular weight excluding hydrogens is 1010 g/mol. The highest BCUT2D eigenvalue weighted by molar-refractivity contribution is 6.76. The van der Waals surface area contributed by atoms with E-state index in [1.807, 2.05) is 0 Å². The Labute approximate surface area is 447 Å². The molecule has 2 saturated heterocycles. The van der Waals surface area contributed by atoms with Crippen LogP contribution in [0.4, 0.5) is 0 Å². The highest BCUT2D eigenvalue weighted by atomic mass is 28.3. The van der Waals surface area contributed by atoms with Gasteiger partial charge in [-0.25, -0.2) is 9.59 Å². The zero-order valence-corrected chi connectivity index (χ0v) is 48.4. The van der Waals surface area contributed by atoms with Crippen LogP contribution in [-0.2, 0) is 56.8 Å². The molecule has 2 unspecified atom stereocenters. The van der Waals surface area contributed by atoms with Crippen LogP contribution in [0.5, 0.6) is 23.0 Å². The molecule has 22 heteroatoms. The monoisotopic (exact) mass is 1100 g/mol. The molecule has 2 aromatic carbocycles. The van der Waals surface area contributed by atoms with Gasteiger partial charge in [-0.2, -0.15) is 0 Å². The largest absolute Gasteiger partial charge is 0.497 e. The first kappa shape index (κ1) is 67.1. The van der Waals surface area contributed by atoms with E-state index in [0.29, 0.717) is 35.8 Å². The van der Waals surface area contributed by atoms with Crippen LogP contribution in [0, 0.1) is 0 Å². The molecule has 2 aliphatic rings. The fourth-order valence-corrected chi connectivity index (χ4v) is 8.88. The molecule has 4 rings (SSSR count). The standard InChI is InChI=1S/2C26H42O10Si.CH4/c2*1-26(2)35-22(15-27)24(36-26)20(33-16-29-3)10-9-18-13-19(31-5)14-21(34-17-30-4)23(18)25(28)32-11-12-37(6,7)8;/h2*9-10,13-14,20,22,24,27H,11-12,15-17H2,1-8H3;1H4/b2*10-9+;/t2*20?,22-,24+;/m11./s1. The van der Waals surface area contributed by atoms with Crippen molar-refractivity contribution in [3.63, 3.8) is 0 Å². The van der Waals surface area contributed by atoms with E-state index >= 15 is 0 Å². The van der Waals surface area contributed by atoms with Crippen molar-refractivity contribution in [3.8, 4) is 23.0 Å². The average molecular weight is 1100 g/mol. The van der Waals surface area contributed by atoms with Crippen molar-refractivity contribution in [1.82, 2.24) is 0 Å². The van der Waals surface area contributed by atoms with E-state index in [2.05, 4.69) is 39.3 Å². The summed E-state index contributed by atoms with van der Waals surface area (Å²) in [6, 6.07) is 8.30. The molecule has 0 bridgehead atoms. The maximum atomic E-state index is 13.3. The number of carbonyl (C=O) groups is 2. The van der Waals surface area contributed by atoms with E-state index in [1.54, 1.807) is 76.3 Å². The first-order valence-electron chi connectivity index (χ1n) is 24.4. The second kappa shape index (κ2) is 32.0. The van der Waals surface area contributed by atoms with E-state index in [4.69, 9.17) is 75.8 Å². The Hall–Kier alpha value is -3.99. The number of hydrogen-bond acceptors (Lipinski definition) is 20. The number of carbonyl (C=O) groups excluding carboxylic acids is 2. The molecule has 0 radical (unpaired) electrons. The van der Waals surface area contributed by atoms with Crippen LogP contribution in [0.1, 0.15) is 67.0 Å². The normalized spacial score (nSPS) is 20.0. The lowest BCUT2D eigenvalue weighted by atomic mass is 10.0. The quantitative estimate of drug-likeness (QED) is 0.0429. The predicted octanol–water partition coefficient (Wildman–Crippen LogP) is 8.01. The number of methoxy groups -OCH3 is 6. The van der Waals surface area contributed by atoms with Crippen LogP contribution in [-0.4, -0.2) is 183 Å². The number of rotatable bonds is 30. The number of benzene rings is 2. The molecule has 20 nitrogen and oxygen atoms in total. The molecule has 2 fully saturated rings. The number of hydrogen-bond donors (Lipinski definition) is 2. The molecule has 2 aromatic rings. The van der Waals surface area contributed by atoms with Gasteiger partial charge < -0.3 is 86.0 Å². The van der Waals surface area contributed by atoms with E-state index in [-0.39, 0.29) is 70.4 Å². The molecule has 0 spiro atoms. The molecule has 0 amide bonds. The van der Waals surface area contributed by atoms with Crippen LogP contribution in [0.2, 0.25) is 51.4 Å². The maximum absolute atomic E-state index is 13.3. The van der Waals surface area contributed by atoms with Crippen molar-refractivity contribution in [2.45, 2.75) is 135 Å². The summed E-state index contributed by atoms with van der Waals surface area (Å²) >= 11 is 0. The van der Waals surface area contributed by atoms with Gasteiger partial charge in [-0.15, -0.1) is 0 Å². The number of esters is 2. The lowest BCUT2D eigenvalue weighted by molar-refractivity contribution is -0.164. The second-order valence-electron chi connectivity index (χ2n) is 20.6. The van der Waals surface area contributed by atoms with Crippen molar-refractivity contribution in [3.05, 3.63) is 58.7 Å².